The van der Waals surface area contributed by atoms with E-state index in [4.69, 9.17) is 0 Å². The minimum atomic E-state index is -0.109. The normalized spacial score (nSPS) is 46.8. The summed E-state index contributed by atoms with van der Waals surface area (Å²) >= 11 is 0. The highest BCUT2D eigenvalue weighted by Gasteiger charge is 2.55. The molecule has 0 aromatic rings. The summed E-state index contributed by atoms with van der Waals surface area (Å²) in [5.74, 6) is 1.23. The summed E-state index contributed by atoms with van der Waals surface area (Å²) in [6.45, 7) is 8.52. The highest BCUT2D eigenvalue weighted by molar-refractivity contribution is 5.21. The van der Waals surface area contributed by atoms with Gasteiger partial charge in [-0.1, -0.05) is 26.0 Å². The number of aliphatic hydroxyl groups is 1. The maximum Gasteiger partial charge on any atom is 0.0611 e. The molecule has 3 rings (SSSR count). The molecular formula is C10H16O. The molecule has 1 nitrogen and oxygen atoms in total. The number of fused-ring (bicyclic) bond motifs is 2. The first-order chi connectivity index (χ1) is 5.03. The molecule has 3 fully saturated rings. The van der Waals surface area contributed by atoms with E-state index in [1.54, 1.807) is 0 Å². The maximum absolute atomic E-state index is 9.66. The molecule has 0 aromatic carbocycles. The fraction of sp³-hybridized carbons (Fsp3) is 0.800. The van der Waals surface area contributed by atoms with E-state index in [0.717, 1.165) is 6.42 Å². The quantitative estimate of drug-likeness (QED) is 0.526. The molecule has 0 spiro atoms. The van der Waals surface area contributed by atoms with E-state index in [1.165, 1.54) is 12.0 Å². The summed E-state index contributed by atoms with van der Waals surface area (Å²) in [6, 6.07) is 0. The van der Waals surface area contributed by atoms with Crippen LogP contribution in [0.15, 0.2) is 12.2 Å². The van der Waals surface area contributed by atoms with Crippen LogP contribution in [0.25, 0.3) is 0 Å². The molecule has 0 aromatic heterocycles. The van der Waals surface area contributed by atoms with Gasteiger partial charge in [-0.05, 0) is 30.1 Å². The van der Waals surface area contributed by atoms with Gasteiger partial charge in [0.1, 0.15) is 0 Å². The smallest absolute Gasteiger partial charge is 0.0611 e. The standard InChI is InChI=1S/C10H16O/c1-6-4-9(11)8-5-7(6)10(8,2)3/h7-9,11H,1,4-5H2,2-3H3/t7-,8-,9?/m1/s1. The Bertz CT molecular complexity index is 205. The van der Waals surface area contributed by atoms with Gasteiger partial charge < -0.3 is 5.11 Å². The van der Waals surface area contributed by atoms with Crippen LogP contribution < -0.4 is 0 Å². The van der Waals surface area contributed by atoms with Gasteiger partial charge in [0.2, 0.25) is 0 Å². The van der Waals surface area contributed by atoms with Gasteiger partial charge in [-0.3, -0.25) is 0 Å². The lowest BCUT2D eigenvalue weighted by Crippen LogP contribution is -2.55. The summed E-state index contributed by atoms with van der Waals surface area (Å²) in [7, 11) is 0. The molecule has 0 amide bonds. The van der Waals surface area contributed by atoms with E-state index in [-0.39, 0.29) is 6.10 Å². The van der Waals surface area contributed by atoms with Crippen molar-refractivity contribution in [3.05, 3.63) is 12.2 Å². The van der Waals surface area contributed by atoms with E-state index in [2.05, 4.69) is 20.4 Å². The van der Waals surface area contributed by atoms with Gasteiger partial charge in [0.15, 0.2) is 0 Å². The van der Waals surface area contributed by atoms with Crippen molar-refractivity contribution in [2.45, 2.75) is 32.8 Å². The molecule has 1 unspecified atom stereocenters. The predicted molar refractivity (Wildman–Crippen MR) is 45.1 cm³/mol. The Kier molecular flexibility index (Phi) is 1.26. The van der Waals surface area contributed by atoms with Crippen molar-refractivity contribution in [3.63, 3.8) is 0 Å². The molecule has 1 heteroatoms. The van der Waals surface area contributed by atoms with Crippen LogP contribution in [0.3, 0.4) is 0 Å². The van der Waals surface area contributed by atoms with E-state index in [1.807, 2.05) is 0 Å². The van der Waals surface area contributed by atoms with E-state index < -0.39 is 0 Å². The Morgan fingerprint density at radius 3 is 2.55 bits per heavy atom. The van der Waals surface area contributed by atoms with Crippen LogP contribution in [0, 0.1) is 17.3 Å². The van der Waals surface area contributed by atoms with E-state index >= 15 is 0 Å². The zero-order chi connectivity index (χ0) is 8.22. The third-order valence-electron chi connectivity index (χ3n) is 3.77. The third-order valence-corrected chi connectivity index (χ3v) is 3.77. The summed E-state index contributed by atoms with van der Waals surface area (Å²) in [5, 5.41) is 9.66. The largest absolute Gasteiger partial charge is 0.392 e. The van der Waals surface area contributed by atoms with Crippen LogP contribution in [-0.2, 0) is 0 Å². The van der Waals surface area contributed by atoms with Gasteiger partial charge in [0.25, 0.3) is 0 Å². The van der Waals surface area contributed by atoms with Crippen molar-refractivity contribution >= 4 is 0 Å². The molecule has 0 aliphatic heterocycles. The van der Waals surface area contributed by atoms with Crippen molar-refractivity contribution in [1.82, 2.24) is 0 Å². The van der Waals surface area contributed by atoms with Crippen molar-refractivity contribution < 1.29 is 5.11 Å². The van der Waals surface area contributed by atoms with Crippen LogP contribution in [0.1, 0.15) is 26.7 Å². The number of hydrogen-bond donors (Lipinski definition) is 1. The zero-order valence-corrected chi connectivity index (χ0v) is 7.30. The van der Waals surface area contributed by atoms with Crippen molar-refractivity contribution in [1.29, 1.82) is 0 Å². The van der Waals surface area contributed by atoms with Crippen LogP contribution >= 0.6 is 0 Å². The second kappa shape index (κ2) is 1.89. The first-order valence-corrected chi connectivity index (χ1v) is 4.39. The second-order valence-corrected chi connectivity index (χ2v) is 4.65. The highest BCUT2D eigenvalue weighted by Crippen LogP contribution is 2.60. The molecule has 2 bridgehead atoms. The highest BCUT2D eigenvalue weighted by atomic mass is 16.3. The van der Waals surface area contributed by atoms with Crippen molar-refractivity contribution in [2.75, 3.05) is 0 Å². The molecule has 0 heterocycles. The lowest BCUT2D eigenvalue weighted by molar-refractivity contribution is -0.108. The first-order valence-electron chi connectivity index (χ1n) is 4.39. The molecule has 11 heavy (non-hydrogen) atoms. The van der Waals surface area contributed by atoms with Crippen LogP contribution in [0.2, 0.25) is 0 Å². The second-order valence-electron chi connectivity index (χ2n) is 4.65. The Hall–Kier alpha value is -0.300. The SMILES string of the molecule is C=C1CC(O)[C@H]2C[C@H]1C2(C)C. The van der Waals surface area contributed by atoms with Gasteiger partial charge in [-0.25, -0.2) is 0 Å². The van der Waals surface area contributed by atoms with E-state index in [0.29, 0.717) is 17.3 Å². The Morgan fingerprint density at radius 2 is 2.18 bits per heavy atom. The molecular weight excluding hydrogens is 136 g/mol. The fourth-order valence-electron chi connectivity index (χ4n) is 2.86. The summed E-state index contributed by atoms with van der Waals surface area (Å²) < 4.78 is 0. The van der Waals surface area contributed by atoms with Gasteiger partial charge in [0, 0.05) is 0 Å². The monoisotopic (exact) mass is 152 g/mol. The maximum atomic E-state index is 9.66. The molecule has 3 saturated carbocycles. The van der Waals surface area contributed by atoms with Gasteiger partial charge in [-0.15, -0.1) is 0 Å². The summed E-state index contributed by atoms with van der Waals surface area (Å²) in [6.07, 6.45) is 1.91. The summed E-state index contributed by atoms with van der Waals surface area (Å²) in [4.78, 5) is 0. The van der Waals surface area contributed by atoms with Crippen molar-refractivity contribution in [3.8, 4) is 0 Å². The third kappa shape index (κ3) is 0.750. The molecule has 62 valence electrons. The number of aliphatic hydroxyl groups excluding tert-OH is 1. The zero-order valence-electron chi connectivity index (χ0n) is 7.30. The Balaban J connectivity index is 2.26. The first kappa shape index (κ1) is 7.35. The van der Waals surface area contributed by atoms with Crippen LogP contribution in [0.4, 0.5) is 0 Å². The topological polar surface area (TPSA) is 20.2 Å². The Morgan fingerprint density at radius 1 is 1.55 bits per heavy atom. The predicted octanol–water partition coefficient (Wildman–Crippen LogP) is 1.97. The molecule has 0 radical (unpaired) electrons. The average Bonchev–Trinajstić information content (AvgIpc) is 1.84. The van der Waals surface area contributed by atoms with Gasteiger partial charge in [0.05, 0.1) is 6.10 Å². The molecule has 3 atom stereocenters. The van der Waals surface area contributed by atoms with Crippen LogP contribution in [0.5, 0.6) is 0 Å². The van der Waals surface area contributed by atoms with Gasteiger partial charge >= 0.3 is 0 Å². The lowest BCUT2D eigenvalue weighted by Gasteiger charge is -2.59. The van der Waals surface area contributed by atoms with E-state index in [9.17, 15) is 5.11 Å². The number of rotatable bonds is 0. The lowest BCUT2D eigenvalue weighted by atomic mass is 9.46. The van der Waals surface area contributed by atoms with Crippen LogP contribution in [-0.4, -0.2) is 11.2 Å². The van der Waals surface area contributed by atoms with Crippen molar-refractivity contribution in [2.24, 2.45) is 17.3 Å². The molecule has 3 aliphatic carbocycles. The summed E-state index contributed by atoms with van der Waals surface area (Å²) in [5.41, 5.74) is 1.60. The molecule has 3 aliphatic rings. The Labute approximate surface area is 68.1 Å². The molecule has 1 N–H and O–H groups in total. The minimum absolute atomic E-state index is 0.109. The average molecular weight is 152 g/mol. The van der Waals surface area contributed by atoms with Gasteiger partial charge in [-0.2, -0.15) is 0 Å². The molecule has 0 saturated heterocycles. The number of hydrogen-bond acceptors (Lipinski definition) is 1. The minimum Gasteiger partial charge on any atom is -0.392 e. The fourth-order valence-corrected chi connectivity index (χ4v) is 2.86.